The molecule has 0 saturated heterocycles. The summed E-state index contributed by atoms with van der Waals surface area (Å²) in [6.45, 7) is 1.05. The van der Waals surface area contributed by atoms with E-state index in [1.165, 1.54) is 0 Å². The van der Waals surface area contributed by atoms with E-state index in [2.05, 4.69) is 0 Å². The molecule has 0 aliphatic heterocycles. The van der Waals surface area contributed by atoms with Gasteiger partial charge >= 0.3 is 0 Å². The fourth-order valence-electron chi connectivity index (χ4n) is 1.95. The normalized spacial score (nSPS) is 26.0. The first-order valence-corrected chi connectivity index (χ1v) is 6.85. The van der Waals surface area contributed by atoms with Gasteiger partial charge in [-0.2, -0.15) is 0 Å². The monoisotopic (exact) mass is 305 g/mol. The second kappa shape index (κ2) is 6.77. The van der Waals surface area contributed by atoms with Gasteiger partial charge in [-0.3, -0.25) is 0 Å². The zero-order valence-electron chi connectivity index (χ0n) is 10.6. The van der Waals surface area contributed by atoms with Crippen molar-refractivity contribution in [2.75, 3.05) is 20.3 Å². The van der Waals surface area contributed by atoms with E-state index < -0.39 is 0 Å². The van der Waals surface area contributed by atoms with Crippen LogP contribution in [0.2, 0.25) is 10.0 Å². The van der Waals surface area contributed by atoms with Crippen LogP contribution in [0, 0.1) is 0 Å². The van der Waals surface area contributed by atoms with E-state index in [1.54, 1.807) is 25.3 Å². The molecular weight excluding hydrogens is 289 g/mol. The maximum atomic E-state index is 5.94. The van der Waals surface area contributed by atoms with Crippen LogP contribution < -0.4 is 10.5 Å². The average Bonchev–Trinajstić information content (AvgIpc) is 2.38. The predicted octanol–water partition coefficient (Wildman–Crippen LogP) is 2.50. The van der Waals surface area contributed by atoms with Crippen LogP contribution in [0.1, 0.15) is 6.42 Å². The lowest BCUT2D eigenvalue weighted by atomic mass is 9.86. The lowest BCUT2D eigenvalue weighted by Crippen LogP contribution is -2.59. The van der Waals surface area contributed by atoms with Crippen molar-refractivity contribution in [2.24, 2.45) is 5.73 Å². The lowest BCUT2D eigenvalue weighted by Gasteiger charge is -2.41. The van der Waals surface area contributed by atoms with Crippen LogP contribution in [0.3, 0.4) is 0 Å². The minimum Gasteiger partial charge on any atom is -0.488 e. The van der Waals surface area contributed by atoms with Crippen molar-refractivity contribution in [3.8, 4) is 5.75 Å². The third kappa shape index (κ3) is 3.74. The first-order chi connectivity index (χ1) is 9.11. The fourth-order valence-corrected chi connectivity index (χ4v) is 2.24. The number of nitrogens with two attached hydrogens (primary N) is 1. The fraction of sp³-hybridized carbons (Fsp3) is 0.538. The van der Waals surface area contributed by atoms with Crippen LogP contribution >= 0.6 is 23.2 Å². The molecule has 0 bridgehead atoms. The second-order valence-electron chi connectivity index (χ2n) is 4.46. The molecule has 0 aromatic heterocycles. The van der Waals surface area contributed by atoms with Crippen LogP contribution in [-0.4, -0.2) is 38.6 Å². The minimum absolute atomic E-state index is 0.00429. The molecule has 1 aliphatic rings. The standard InChI is InChI=1S/C13H17Cl2NO3/c1-17-4-5-18-13-11(16)7-12(13)19-8-2-3-9(14)10(15)6-8/h2-3,6,11-13H,4-5,7,16H2,1H3. The summed E-state index contributed by atoms with van der Waals surface area (Å²) in [7, 11) is 1.63. The first-order valence-electron chi connectivity index (χ1n) is 6.09. The molecule has 1 aromatic rings. The number of ether oxygens (including phenoxy) is 3. The topological polar surface area (TPSA) is 53.7 Å². The Morgan fingerprint density at radius 3 is 2.68 bits per heavy atom. The predicted molar refractivity (Wildman–Crippen MR) is 75.1 cm³/mol. The Hall–Kier alpha value is -0.520. The third-order valence-corrected chi connectivity index (χ3v) is 3.81. The van der Waals surface area contributed by atoms with Gasteiger partial charge in [0.15, 0.2) is 0 Å². The van der Waals surface area contributed by atoms with Crippen LogP contribution in [-0.2, 0) is 9.47 Å². The van der Waals surface area contributed by atoms with Crippen molar-refractivity contribution in [1.29, 1.82) is 0 Å². The van der Waals surface area contributed by atoms with Crippen LogP contribution in [0.4, 0.5) is 0 Å². The molecule has 3 atom stereocenters. The molecule has 19 heavy (non-hydrogen) atoms. The van der Waals surface area contributed by atoms with E-state index >= 15 is 0 Å². The van der Waals surface area contributed by atoms with Crippen molar-refractivity contribution >= 4 is 23.2 Å². The summed E-state index contributed by atoms with van der Waals surface area (Å²) in [5.74, 6) is 0.673. The van der Waals surface area contributed by atoms with Gasteiger partial charge in [-0.15, -0.1) is 0 Å². The van der Waals surface area contributed by atoms with Gasteiger partial charge in [-0.25, -0.2) is 0 Å². The molecule has 1 aliphatic carbocycles. The Bertz CT molecular complexity index is 430. The summed E-state index contributed by atoms with van der Waals surface area (Å²) >= 11 is 11.8. The number of methoxy groups -OCH3 is 1. The SMILES string of the molecule is COCCOC1C(N)CC1Oc1ccc(Cl)c(Cl)c1. The molecule has 1 fully saturated rings. The zero-order valence-corrected chi connectivity index (χ0v) is 12.2. The largest absolute Gasteiger partial charge is 0.488 e. The number of rotatable bonds is 6. The van der Waals surface area contributed by atoms with Crippen LogP contribution in [0.25, 0.3) is 0 Å². The summed E-state index contributed by atoms with van der Waals surface area (Å²) in [5.41, 5.74) is 5.91. The molecule has 4 nitrogen and oxygen atoms in total. The van der Waals surface area contributed by atoms with Gasteiger partial charge in [-0.05, 0) is 12.1 Å². The van der Waals surface area contributed by atoms with E-state index in [4.69, 9.17) is 43.1 Å². The summed E-state index contributed by atoms with van der Waals surface area (Å²) < 4.78 is 16.4. The highest BCUT2D eigenvalue weighted by Gasteiger charge is 2.41. The molecule has 0 heterocycles. The Morgan fingerprint density at radius 2 is 2.05 bits per heavy atom. The van der Waals surface area contributed by atoms with E-state index in [-0.39, 0.29) is 18.2 Å². The summed E-state index contributed by atoms with van der Waals surface area (Å²) in [6, 6.07) is 5.19. The molecule has 0 spiro atoms. The van der Waals surface area contributed by atoms with Crippen LogP contribution in [0.15, 0.2) is 18.2 Å². The van der Waals surface area contributed by atoms with Crippen molar-refractivity contribution in [1.82, 2.24) is 0 Å². The molecule has 0 amide bonds. The first kappa shape index (κ1) is 14.9. The van der Waals surface area contributed by atoms with E-state index in [0.717, 1.165) is 6.42 Å². The Balaban J connectivity index is 1.89. The molecule has 1 aromatic carbocycles. The molecule has 2 rings (SSSR count). The maximum absolute atomic E-state index is 5.94. The molecule has 0 radical (unpaired) electrons. The maximum Gasteiger partial charge on any atom is 0.128 e. The average molecular weight is 306 g/mol. The van der Waals surface area contributed by atoms with Gasteiger partial charge in [0.2, 0.25) is 0 Å². The van der Waals surface area contributed by atoms with Crippen molar-refractivity contribution in [2.45, 2.75) is 24.7 Å². The highest BCUT2D eigenvalue weighted by Crippen LogP contribution is 2.31. The van der Waals surface area contributed by atoms with Gasteiger partial charge in [0.1, 0.15) is 18.0 Å². The highest BCUT2D eigenvalue weighted by molar-refractivity contribution is 6.42. The van der Waals surface area contributed by atoms with E-state index in [1.807, 2.05) is 0 Å². The van der Waals surface area contributed by atoms with E-state index in [9.17, 15) is 0 Å². The van der Waals surface area contributed by atoms with Gasteiger partial charge in [-0.1, -0.05) is 23.2 Å². The number of hydrogen-bond donors (Lipinski definition) is 1. The number of halogens is 2. The summed E-state index contributed by atoms with van der Waals surface area (Å²) in [6.07, 6.45) is 0.603. The lowest BCUT2D eigenvalue weighted by molar-refractivity contribution is -0.107. The van der Waals surface area contributed by atoms with Crippen molar-refractivity contribution in [3.63, 3.8) is 0 Å². The quantitative estimate of drug-likeness (QED) is 0.821. The summed E-state index contributed by atoms with van der Waals surface area (Å²) in [4.78, 5) is 0. The molecule has 106 valence electrons. The van der Waals surface area contributed by atoms with Gasteiger partial charge in [0.25, 0.3) is 0 Å². The zero-order chi connectivity index (χ0) is 13.8. The number of hydrogen-bond acceptors (Lipinski definition) is 4. The van der Waals surface area contributed by atoms with E-state index in [0.29, 0.717) is 29.0 Å². The highest BCUT2D eigenvalue weighted by atomic mass is 35.5. The smallest absolute Gasteiger partial charge is 0.128 e. The molecule has 6 heteroatoms. The summed E-state index contributed by atoms with van der Waals surface area (Å²) in [5, 5.41) is 0.979. The molecule has 1 saturated carbocycles. The molecule has 2 N–H and O–H groups in total. The minimum atomic E-state index is -0.107. The van der Waals surface area contributed by atoms with Gasteiger partial charge in [0.05, 0.1) is 23.3 Å². The van der Waals surface area contributed by atoms with Crippen LogP contribution in [0.5, 0.6) is 5.75 Å². The molecular formula is C13H17Cl2NO3. The van der Waals surface area contributed by atoms with Gasteiger partial charge < -0.3 is 19.9 Å². The van der Waals surface area contributed by atoms with Crippen molar-refractivity contribution in [3.05, 3.63) is 28.2 Å². The Morgan fingerprint density at radius 1 is 1.26 bits per heavy atom. The second-order valence-corrected chi connectivity index (χ2v) is 5.27. The Labute approximate surface area is 122 Å². The Kier molecular flexibility index (Phi) is 5.30. The number of benzene rings is 1. The van der Waals surface area contributed by atoms with Crippen molar-refractivity contribution < 1.29 is 14.2 Å². The van der Waals surface area contributed by atoms with Gasteiger partial charge in [0, 0.05) is 25.6 Å². The molecule has 3 unspecified atom stereocenters. The third-order valence-electron chi connectivity index (χ3n) is 3.07.